The van der Waals surface area contributed by atoms with Gasteiger partial charge in [-0.3, -0.25) is 9.13 Å². The second kappa shape index (κ2) is 7.05. The van der Waals surface area contributed by atoms with Crippen LogP contribution in [0.3, 0.4) is 0 Å². The maximum absolute atomic E-state index is 9.20. The minimum Gasteiger partial charge on any atom is -0.454 e. The van der Waals surface area contributed by atoms with Crippen LogP contribution in [0.1, 0.15) is 11.1 Å². The normalized spacial score (nSPS) is 11.4. The molecule has 0 radical (unpaired) electrons. The molecule has 3 heterocycles. The molecule has 0 N–H and O–H groups in total. The molecule has 0 amide bonds. The Morgan fingerprint density at radius 3 is 2.09 bits per heavy atom. The van der Waals surface area contributed by atoms with Gasteiger partial charge in [0.15, 0.2) is 5.58 Å². The number of fused-ring (bicyclic) bond motifs is 5. The van der Waals surface area contributed by atoms with Crippen molar-refractivity contribution in [1.82, 2.24) is 19.1 Å². The van der Waals surface area contributed by atoms with E-state index in [9.17, 15) is 10.5 Å². The molecule has 0 aliphatic carbocycles. The van der Waals surface area contributed by atoms with Crippen molar-refractivity contribution in [2.75, 3.05) is 0 Å². The van der Waals surface area contributed by atoms with Crippen molar-refractivity contribution >= 4 is 44.0 Å². The second-order valence-corrected chi connectivity index (χ2v) is 8.30. The lowest BCUT2D eigenvalue weighted by atomic mass is 10.1. The zero-order chi connectivity index (χ0) is 23.5. The van der Waals surface area contributed by atoms with Gasteiger partial charge in [0, 0.05) is 16.5 Å². The first-order chi connectivity index (χ1) is 17.2. The maximum atomic E-state index is 9.20. The smallest absolute Gasteiger partial charge is 0.159 e. The summed E-state index contributed by atoms with van der Waals surface area (Å²) in [7, 11) is 0. The van der Waals surface area contributed by atoms with Crippen molar-refractivity contribution in [3.8, 4) is 23.5 Å². The number of nitrogens with zero attached hydrogens (tertiary/aromatic N) is 6. The van der Waals surface area contributed by atoms with Gasteiger partial charge in [0.2, 0.25) is 0 Å². The lowest BCUT2D eigenvalue weighted by Gasteiger charge is -2.05. The Morgan fingerprint density at radius 2 is 1.37 bits per heavy atom. The van der Waals surface area contributed by atoms with Crippen molar-refractivity contribution in [1.29, 1.82) is 10.5 Å². The van der Waals surface area contributed by atoms with E-state index in [2.05, 4.69) is 28.2 Å². The van der Waals surface area contributed by atoms with Crippen LogP contribution < -0.4 is 0 Å². The van der Waals surface area contributed by atoms with Crippen LogP contribution in [0.4, 0.5) is 0 Å². The highest BCUT2D eigenvalue weighted by Gasteiger charge is 2.15. The molecule has 7 rings (SSSR count). The number of hydrogen-bond acceptors (Lipinski definition) is 5. The van der Waals surface area contributed by atoms with E-state index in [1.54, 1.807) is 36.9 Å². The molecule has 0 spiro atoms. The first-order valence-electron chi connectivity index (χ1n) is 10.9. The van der Waals surface area contributed by atoms with Crippen LogP contribution in [-0.4, -0.2) is 19.1 Å². The number of furan rings is 1. The fourth-order valence-electron chi connectivity index (χ4n) is 4.67. The number of para-hydroxylation sites is 1. The van der Waals surface area contributed by atoms with E-state index in [1.807, 2.05) is 51.6 Å². The minimum absolute atomic E-state index is 0.577. The van der Waals surface area contributed by atoms with Crippen LogP contribution in [0.5, 0.6) is 0 Å². The minimum atomic E-state index is 0.577. The third kappa shape index (κ3) is 2.76. The molecule has 0 aliphatic rings. The fraction of sp³-hybridized carbons (Fsp3) is 0. The summed E-state index contributed by atoms with van der Waals surface area (Å²) in [4.78, 5) is 8.97. The third-order valence-electron chi connectivity index (χ3n) is 6.35. The Morgan fingerprint density at radius 1 is 0.686 bits per heavy atom. The summed E-state index contributed by atoms with van der Waals surface area (Å²) in [6, 6.07) is 27.4. The van der Waals surface area contributed by atoms with Gasteiger partial charge in [0.05, 0.1) is 51.0 Å². The van der Waals surface area contributed by atoms with Gasteiger partial charge in [0.1, 0.15) is 18.2 Å². The summed E-state index contributed by atoms with van der Waals surface area (Å²) in [5.41, 5.74) is 7.90. The molecular weight excluding hydrogens is 436 g/mol. The standard InChI is InChI=1S/C28H14N6O/c29-13-17-4-7-24-22(10-17)31-15-33(24)19-6-9-27-21(12-19)20-2-1-3-26(28(20)35-27)34-16-32-23-11-18(14-30)5-8-25(23)34/h1-12,15-16H. The first kappa shape index (κ1) is 19.1. The molecule has 0 saturated heterocycles. The van der Waals surface area contributed by atoms with Crippen LogP contribution in [-0.2, 0) is 0 Å². The van der Waals surface area contributed by atoms with Gasteiger partial charge in [-0.25, -0.2) is 9.97 Å². The summed E-state index contributed by atoms with van der Waals surface area (Å²) < 4.78 is 10.3. The highest BCUT2D eigenvalue weighted by atomic mass is 16.3. The van der Waals surface area contributed by atoms with Gasteiger partial charge in [-0.15, -0.1) is 0 Å². The van der Waals surface area contributed by atoms with Crippen molar-refractivity contribution < 1.29 is 4.42 Å². The first-order valence-corrected chi connectivity index (χ1v) is 10.9. The van der Waals surface area contributed by atoms with Gasteiger partial charge in [0.25, 0.3) is 0 Å². The van der Waals surface area contributed by atoms with Crippen LogP contribution in [0.25, 0.3) is 55.4 Å². The van der Waals surface area contributed by atoms with Crippen LogP contribution in [0, 0.1) is 22.7 Å². The van der Waals surface area contributed by atoms with Gasteiger partial charge in [-0.1, -0.05) is 12.1 Å². The number of hydrogen-bond donors (Lipinski definition) is 0. The number of rotatable bonds is 2. The third-order valence-corrected chi connectivity index (χ3v) is 6.35. The number of imidazole rings is 2. The molecular formula is C28H14N6O. The second-order valence-electron chi connectivity index (χ2n) is 8.30. The summed E-state index contributed by atoms with van der Waals surface area (Å²) in [5, 5.41) is 20.4. The molecule has 0 atom stereocenters. The maximum Gasteiger partial charge on any atom is 0.159 e. The lowest BCUT2D eigenvalue weighted by molar-refractivity contribution is 0.665. The predicted octanol–water partition coefficient (Wildman–Crippen LogP) is 6.01. The highest BCUT2D eigenvalue weighted by molar-refractivity contribution is 6.08. The van der Waals surface area contributed by atoms with E-state index >= 15 is 0 Å². The zero-order valence-electron chi connectivity index (χ0n) is 18.2. The van der Waals surface area contributed by atoms with Crippen molar-refractivity contribution in [2.24, 2.45) is 0 Å². The Balaban J connectivity index is 1.42. The van der Waals surface area contributed by atoms with Crippen molar-refractivity contribution in [3.05, 3.63) is 96.6 Å². The Bertz CT molecular complexity index is 2040. The van der Waals surface area contributed by atoms with E-state index in [1.165, 1.54) is 0 Å². The largest absolute Gasteiger partial charge is 0.454 e. The van der Waals surface area contributed by atoms with E-state index in [0.717, 1.165) is 55.4 Å². The molecule has 0 unspecified atom stereocenters. The molecule has 7 aromatic rings. The molecule has 0 aliphatic heterocycles. The average Bonchev–Trinajstić information content (AvgIpc) is 3.62. The summed E-state index contributed by atoms with van der Waals surface area (Å²) >= 11 is 0. The molecule has 3 aromatic heterocycles. The molecule has 0 saturated carbocycles. The van der Waals surface area contributed by atoms with Crippen molar-refractivity contribution in [2.45, 2.75) is 0 Å². The van der Waals surface area contributed by atoms with E-state index in [4.69, 9.17) is 4.42 Å². The van der Waals surface area contributed by atoms with Gasteiger partial charge in [-0.2, -0.15) is 10.5 Å². The predicted molar refractivity (Wildman–Crippen MR) is 132 cm³/mol. The number of nitriles is 2. The van der Waals surface area contributed by atoms with Crippen molar-refractivity contribution in [3.63, 3.8) is 0 Å². The molecule has 0 bridgehead atoms. The topological polar surface area (TPSA) is 96.4 Å². The van der Waals surface area contributed by atoms with Crippen LogP contribution in [0.15, 0.2) is 89.9 Å². The average molecular weight is 450 g/mol. The summed E-state index contributed by atoms with van der Waals surface area (Å²) in [6.45, 7) is 0. The van der Waals surface area contributed by atoms with Crippen LogP contribution >= 0.6 is 0 Å². The lowest BCUT2D eigenvalue weighted by Crippen LogP contribution is -1.92. The highest BCUT2D eigenvalue weighted by Crippen LogP contribution is 2.35. The van der Waals surface area contributed by atoms with Crippen LogP contribution in [0.2, 0.25) is 0 Å². The monoisotopic (exact) mass is 450 g/mol. The fourth-order valence-corrected chi connectivity index (χ4v) is 4.67. The molecule has 4 aromatic carbocycles. The van der Waals surface area contributed by atoms with Gasteiger partial charge < -0.3 is 4.42 Å². The van der Waals surface area contributed by atoms with Gasteiger partial charge in [-0.05, 0) is 60.7 Å². The molecule has 0 fully saturated rings. The number of benzene rings is 4. The summed E-state index contributed by atoms with van der Waals surface area (Å²) in [6.07, 6.45) is 3.53. The summed E-state index contributed by atoms with van der Waals surface area (Å²) in [5.74, 6) is 0. The quantitative estimate of drug-likeness (QED) is 0.321. The van der Waals surface area contributed by atoms with Gasteiger partial charge >= 0.3 is 0 Å². The Hall–Kier alpha value is -5.40. The van der Waals surface area contributed by atoms with E-state index in [0.29, 0.717) is 11.1 Å². The molecule has 7 heteroatoms. The van der Waals surface area contributed by atoms with E-state index < -0.39 is 0 Å². The Kier molecular flexibility index (Phi) is 3.85. The molecule has 35 heavy (non-hydrogen) atoms. The van der Waals surface area contributed by atoms with E-state index in [-0.39, 0.29) is 0 Å². The Labute approximate surface area is 198 Å². The zero-order valence-corrected chi connectivity index (χ0v) is 18.2. The molecule has 162 valence electrons. The molecule has 7 nitrogen and oxygen atoms in total. The number of aromatic nitrogens is 4. The SMILES string of the molecule is N#Cc1ccc2c(c1)ncn2-c1ccc2oc3c(-n4cnc5cc(C#N)ccc54)cccc3c2c1.